The minimum atomic E-state index is -0.306. The Balaban J connectivity index is 2.24. The van der Waals surface area contributed by atoms with Crippen LogP contribution < -0.4 is 0 Å². The SMILES string of the molecule is O=C1C(c2ccccc2Br)=[N+]([O-])c2ccc(Cl)cc21. The van der Waals surface area contributed by atoms with Crippen LogP contribution in [0.3, 0.4) is 0 Å². The zero-order valence-corrected chi connectivity index (χ0v) is 11.9. The summed E-state index contributed by atoms with van der Waals surface area (Å²) in [5.41, 5.74) is 1.37. The predicted molar refractivity (Wildman–Crippen MR) is 77.3 cm³/mol. The fraction of sp³-hybridized carbons (Fsp3) is 0. The molecule has 2 aromatic carbocycles. The van der Waals surface area contributed by atoms with Gasteiger partial charge >= 0.3 is 0 Å². The molecule has 0 aromatic heterocycles. The number of Topliss-reactive ketones (excluding diaryl/α,β-unsaturated/α-hetero) is 1. The van der Waals surface area contributed by atoms with Gasteiger partial charge in [0.2, 0.25) is 5.69 Å². The van der Waals surface area contributed by atoms with Crippen molar-refractivity contribution >= 4 is 44.7 Å². The molecule has 5 heteroatoms. The molecule has 1 aliphatic rings. The van der Waals surface area contributed by atoms with Gasteiger partial charge in [-0.25, -0.2) is 0 Å². The Kier molecular flexibility index (Phi) is 2.92. The molecule has 1 heterocycles. The fourth-order valence-corrected chi connectivity index (χ4v) is 2.74. The standard InChI is InChI=1S/C14H7BrClNO2/c15-11-4-2-1-3-9(11)13-14(18)10-7-8(16)5-6-12(10)17(13)19/h1-7H. The first-order valence-corrected chi connectivity index (χ1v) is 6.70. The summed E-state index contributed by atoms with van der Waals surface area (Å²) in [7, 11) is 0. The molecule has 0 bridgehead atoms. The molecular weight excluding hydrogens is 330 g/mol. The van der Waals surface area contributed by atoms with Crippen LogP contribution in [0.4, 0.5) is 5.69 Å². The molecule has 0 saturated heterocycles. The number of benzene rings is 2. The lowest BCUT2D eigenvalue weighted by molar-refractivity contribution is -0.355. The van der Waals surface area contributed by atoms with E-state index in [0.29, 0.717) is 31.0 Å². The Morgan fingerprint density at radius 2 is 1.84 bits per heavy atom. The van der Waals surface area contributed by atoms with Gasteiger partial charge in [0.15, 0.2) is 0 Å². The van der Waals surface area contributed by atoms with Crippen LogP contribution in [0.1, 0.15) is 15.9 Å². The summed E-state index contributed by atoms with van der Waals surface area (Å²) in [4.78, 5) is 12.4. The number of carbonyl (C=O) groups is 1. The largest absolute Gasteiger partial charge is 0.618 e. The summed E-state index contributed by atoms with van der Waals surface area (Å²) in [5.74, 6) is -0.306. The maximum Gasteiger partial charge on any atom is 0.274 e. The molecule has 0 saturated carbocycles. The van der Waals surface area contributed by atoms with Crippen molar-refractivity contribution in [1.29, 1.82) is 0 Å². The van der Waals surface area contributed by atoms with Crippen LogP contribution in [-0.2, 0) is 0 Å². The summed E-state index contributed by atoms with van der Waals surface area (Å²) in [5, 5.41) is 12.7. The first kappa shape index (κ1) is 12.4. The van der Waals surface area contributed by atoms with E-state index in [-0.39, 0.29) is 11.5 Å². The van der Waals surface area contributed by atoms with Crippen LogP contribution in [-0.4, -0.2) is 16.2 Å². The molecule has 0 amide bonds. The van der Waals surface area contributed by atoms with Crippen LogP contribution in [0.2, 0.25) is 5.02 Å². The van der Waals surface area contributed by atoms with E-state index in [2.05, 4.69) is 15.9 Å². The molecule has 0 unspecified atom stereocenters. The van der Waals surface area contributed by atoms with E-state index in [1.54, 1.807) is 30.3 Å². The minimum Gasteiger partial charge on any atom is -0.618 e. The zero-order chi connectivity index (χ0) is 13.6. The van der Waals surface area contributed by atoms with Gasteiger partial charge in [-0.2, -0.15) is 4.74 Å². The van der Waals surface area contributed by atoms with Crippen molar-refractivity contribution in [2.75, 3.05) is 0 Å². The maximum absolute atomic E-state index is 12.4. The fourth-order valence-electron chi connectivity index (χ4n) is 2.09. The van der Waals surface area contributed by atoms with Gasteiger partial charge in [-0.1, -0.05) is 23.7 Å². The van der Waals surface area contributed by atoms with E-state index in [4.69, 9.17) is 11.6 Å². The normalized spacial score (nSPS) is 13.9. The molecule has 2 aromatic rings. The average molecular weight is 337 g/mol. The van der Waals surface area contributed by atoms with Gasteiger partial charge in [0, 0.05) is 15.6 Å². The van der Waals surface area contributed by atoms with Gasteiger partial charge in [-0.3, -0.25) is 4.79 Å². The van der Waals surface area contributed by atoms with Gasteiger partial charge < -0.3 is 5.21 Å². The number of rotatable bonds is 1. The van der Waals surface area contributed by atoms with Crippen molar-refractivity contribution in [1.82, 2.24) is 0 Å². The molecule has 0 N–H and O–H groups in total. The third-order valence-corrected chi connectivity index (χ3v) is 3.90. The van der Waals surface area contributed by atoms with Gasteiger partial charge in [-0.05, 0) is 40.2 Å². The van der Waals surface area contributed by atoms with Crippen LogP contribution in [0.25, 0.3) is 0 Å². The topological polar surface area (TPSA) is 43.1 Å². The van der Waals surface area contributed by atoms with Gasteiger partial charge in [-0.15, -0.1) is 0 Å². The number of halogens is 2. The summed E-state index contributed by atoms with van der Waals surface area (Å²) in [6.07, 6.45) is 0. The van der Waals surface area contributed by atoms with Crippen molar-refractivity contribution in [3.8, 4) is 0 Å². The molecule has 94 valence electrons. The van der Waals surface area contributed by atoms with Crippen molar-refractivity contribution < 1.29 is 9.53 Å². The second kappa shape index (κ2) is 4.47. The van der Waals surface area contributed by atoms with E-state index in [9.17, 15) is 10.0 Å². The summed E-state index contributed by atoms with van der Waals surface area (Å²) in [6, 6.07) is 11.8. The average Bonchev–Trinajstić information content (AvgIpc) is 2.63. The Morgan fingerprint density at radius 1 is 1.11 bits per heavy atom. The summed E-state index contributed by atoms with van der Waals surface area (Å²) in [6.45, 7) is 0. The van der Waals surface area contributed by atoms with Crippen molar-refractivity contribution in [3.63, 3.8) is 0 Å². The lowest BCUT2D eigenvalue weighted by Gasteiger charge is -2.03. The Labute approximate surface area is 122 Å². The number of ketones is 1. The molecule has 0 aliphatic carbocycles. The molecule has 0 spiro atoms. The van der Waals surface area contributed by atoms with E-state index in [1.807, 2.05) is 6.07 Å². The first-order valence-electron chi connectivity index (χ1n) is 5.53. The van der Waals surface area contributed by atoms with E-state index in [0.717, 1.165) is 0 Å². The highest BCUT2D eigenvalue weighted by atomic mass is 79.9. The van der Waals surface area contributed by atoms with E-state index < -0.39 is 0 Å². The molecule has 3 nitrogen and oxygen atoms in total. The van der Waals surface area contributed by atoms with Crippen LogP contribution in [0.15, 0.2) is 46.9 Å². The van der Waals surface area contributed by atoms with Crippen molar-refractivity contribution in [2.24, 2.45) is 0 Å². The van der Waals surface area contributed by atoms with Crippen molar-refractivity contribution in [3.05, 3.63) is 68.3 Å². The smallest absolute Gasteiger partial charge is 0.274 e. The molecule has 19 heavy (non-hydrogen) atoms. The van der Waals surface area contributed by atoms with Gasteiger partial charge in [0.1, 0.15) is 5.56 Å². The molecule has 0 radical (unpaired) electrons. The number of nitrogens with zero attached hydrogens (tertiary/aromatic N) is 1. The monoisotopic (exact) mass is 335 g/mol. The maximum atomic E-state index is 12.4. The minimum absolute atomic E-state index is 0.116. The number of fused-ring (bicyclic) bond motifs is 1. The van der Waals surface area contributed by atoms with Gasteiger partial charge in [0.25, 0.3) is 11.5 Å². The quantitative estimate of drug-likeness (QED) is 0.585. The lowest BCUT2D eigenvalue weighted by Crippen LogP contribution is -2.17. The second-order valence-electron chi connectivity index (χ2n) is 4.11. The zero-order valence-electron chi connectivity index (χ0n) is 9.56. The third kappa shape index (κ3) is 1.88. The van der Waals surface area contributed by atoms with Gasteiger partial charge in [0.05, 0.1) is 5.56 Å². The van der Waals surface area contributed by atoms with E-state index in [1.165, 1.54) is 6.07 Å². The molecule has 0 fully saturated rings. The molecule has 1 aliphatic heterocycles. The summed E-state index contributed by atoms with van der Waals surface area (Å²) < 4.78 is 1.37. The predicted octanol–water partition coefficient (Wildman–Crippen LogP) is 3.93. The molecular formula is C14H7BrClNO2. The third-order valence-electron chi connectivity index (χ3n) is 2.97. The highest BCUT2D eigenvalue weighted by Crippen LogP contribution is 2.32. The van der Waals surface area contributed by atoms with E-state index >= 15 is 0 Å². The van der Waals surface area contributed by atoms with Crippen LogP contribution >= 0.6 is 27.5 Å². The van der Waals surface area contributed by atoms with Crippen LogP contribution in [0.5, 0.6) is 0 Å². The van der Waals surface area contributed by atoms with Crippen LogP contribution in [0, 0.1) is 5.21 Å². The molecule has 3 rings (SSSR count). The number of hydrogen-bond donors (Lipinski definition) is 0. The number of hydrogen-bond acceptors (Lipinski definition) is 2. The van der Waals surface area contributed by atoms with Crippen molar-refractivity contribution in [2.45, 2.75) is 0 Å². The Hall–Kier alpha value is -1.65. The summed E-state index contributed by atoms with van der Waals surface area (Å²) >= 11 is 9.23. The first-order chi connectivity index (χ1) is 9.09. The highest BCUT2D eigenvalue weighted by molar-refractivity contribution is 9.10. The Bertz CT molecular complexity index is 740. The highest BCUT2D eigenvalue weighted by Gasteiger charge is 2.37. The number of carbonyl (C=O) groups excluding carboxylic acids is 1. The molecule has 0 atom stereocenters. The second-order valence-corrected chi connectivity index (χ2v) is 5.40. The lowest BCUT2D eigenvalue weighted by atomic mass is 10.0. The Morgan fingerprint density at radius 3 is 2.58 bits per heavy atom.